The minimum atomic E-state index is -0.289. The number of nitriles is 1. The maximum atomic E-state index is 12.0. The highest BCUT2D eigenvalue weighted by Gasteiger charge is 2.20. The molecule has 1 N–H and O–H groups in total. The summed E-state index contributed by atoms with van der Waals surface area (Å²) in [5, 5.41) is 17.3. The van der Waals surface area contributed by atoms with Gasteiger partial charge in [-0.15, -0.1) is 0 Å². The molecule has 4 rings (SSSR count). The summed E-state index contributed by atoms with van der Waals surface area (Å²) in [7, 11) is 5.29. The van der Waals surface area contributed by atoms with Gasteiger partial charge in [0.05, 0.1) is 29.6 Å². The van der Waals surface area contributed by atoms with E-state index in [1.807, 2.05) is 48.7 Å². The quantitative estimate of drug-likeness (QED) is 0.360. The fraction of sp³-hybridized carbons (Fsp3) is 0.276. The molecule has 0 radical (unpaired) electrons. The first-order valence-electron chi connectivity index (χ1n) is 12.2. The van der Waals surface area contributed by atoms with Crippen molar-refractivity contribution in [3.63, 3.8) is 0 Å². The Balaban J connectivity index is 1.56. The van der Waals surface area contributed by atoms with Crippen LogP contribution in [0, 0.1) is 11.3 Å². The molecule has 0 aliphatic carbocycles. The molecular weight excluding hydrogens is 478 g/mol. The van der Waals surface area contributed by atoms with Crippen molar-refractivity contribution in [1.82, 2.24) is 30.0 Å². The first kappa shape index (κ1) is 26.5. The lowest BCUT2D eigenvalue weighted by Crippen LogP contribution is -2.46. The Labute approximate surface area is 222 Å². The highest BCUT2D eigenvalue weighted by molar-refractivity contribution is 5.77. The molecule has 0 saturated carbocycles. The van der Waals surface area contributed by atoms with Gasteiger partial charge in [-0.3, -0.25) is 14.8 Å². The monoisotopic (exact) mass is 509 g/mol. The van der Waals surface area contributed by atoms with Crippen LogP contribution in [0.1, 0.15) is 25.0 Å². The number of pyridine rings is 2. The highest BCUT2D eigenvalue weighted by atomic mass is 16.5. The zero-order valence-electron chi connectivity index (χ0n) is 22.3. The number of aryl methyl sites for hydroxylation is 1. The Morgan fingerprint density at radius 3 is 2.55 bits per heavy atom. The molecule has 9 heteroatoms. The predicted octanol–water partition coefficient (Wildman–Crippen LogP) is 4.21. The summed E-state index contributed by atoms with van der Waals surface area (Å²) >= 11 is 0. The summed E-state index contributed by atoms with van der Waals surface area (Å²) in [5.74, 6) is 1.04. The van der Waals surface area contributed by atoms with Gasteiger partial charge in [0, 0.05) is 50.7 Å². The first-order valence-corrected chi connectivity index (χ1v) is 12.2. The van der Waals surface area contributed by atoms with Crippen LogP contribution in [0.3, 0.4) is 0 Å². The van der Waals surface area contributed by atoms with E-state index in [2.05, 4.69) is 35.3 Å². The molecule has 194 valence electrons. The van der Waals surface area contributed by atoms with Crippen LogP contribution in [0.4, 0.5) is 0 Å². The lowest BCUT2D eigenvalue weighted by Gasteiger charge is -2.27. The topological polar surface area (TPSA) is 109 Å². The Hall–Kier alpha value is -4.55. The van der Waals surface area contributed by atoms with Crippen molar-refractivity contribution in [3.05, 3.63) is 78.1 Å². The second-order valence-corrected chi connectivity index (χ2v) is 9.89. The number of carbonyl (C=O) groups is 1. The molecule has 0 spiro atoms. The van der Waals surface area contributed by atoms with Crippen LogP contribution in [0.2, 0.25) is 0 Å². The maximum Gasteiger partial charge on any atom is 0.236 e. The minimum Gasteiger partial charge on any atom is -0.439 e. The normalized spacial score (nSPS) is 11.2. The van der Waals surface area contributed by atoms with Gasteiger partial charge in [0.1, 0.15) is 11.4 Å². The van der Waals surface area contributed by atoms with E-state index < -0.39 is 0 Å². The molecule has 0 unspecified atom stereocenters. The maximum absolute atomic E-state index is 12.0. The Kier molecular flexibility index (Phi) is 7.84. The Bertz CT molecular complexity index is 1450. The third-order valence-electron chi connectivity index (χ3n) is 6.05. The fourth-order valence-electron chi connectivity index (χ4n) is 3.92. The summed E-state index contributed by atoms with van der Waals surface area (Å²) in [6.07, 6.45) is 4.25. The van der Waals surface area contributed by atoms with Crippen molar-refractivity contribution in [2.45, 2.75) is 25.8 Å². The van der Waals surface area contributed by atoms with Crippen LogP contribution in [0.15, 0.2) is 67.0 Å². The van der Waals surface area contributed by atoms with Crippen molar-refractivity contribution in [3.8, 4) is 40.3 Å². The third kappa shape index (κ3) is 6.41. The molecule has 3 heterocycles. The van der Waals surface area contributed by atoms with E-state index in [9.17, 15) is 10.1 Å². The number of rotatable bonds is 9. The zero-order chi connectivity index (χ0) is 27.3. The molecule has 1 aromatic carbocycles. The van der Waals surface area contributed by atoms with Crippen molar-refractivity contribution >= 4 is 5.91 Å². The fourth-order valence-corrected chi connectivity index (χ4v) is 3.92. The summed E-state index contributed by atoms with van der Waals surface area (Å²) in [5.41, 5.74) is 4.12. The lowest BCUT2D eigenvalue weighted by molar-refractivity contribution is -0.128. The number of aromatic nitrogens is 4. The van der Waals surface area contributed by atoms with Gasteiger partial charge in [-0.25, -0.2) is 4.68 Å². The minimum absolute atomic E-state index is 0.0282. The summed E-state index contributed by atoms with van der Waals surface area (Å²) in [4.78, 5) is 22.6. The van der Waals surface area contributed by atoms with E-state index in [0.29, 0.717) is 35.0 Å². The number of ether oxygens (including phenoxy) is 1. The molecule has 0 fully saturated rings. The second kappa shape index (κ2) is 11.2. The molecule has 9 nitrogen and oxygen atoms in total. The molecular formula is C29H31N7O2. The largest absolute Gasteiger partial charge is 0.439 e. The van der Waals surface area contributed by atoms with Crippen molar-refractivity contribution in [2.24, 2.45) is 7.05 Å². The van der Waals surface area contributed by atoms with Gasteiger partial charge in [-0.1, -0.05) is 12.1 Å². The standard InChI is InChI=1S/C29H31N7O2/c1-29(2,33-19-27(37)35(3)4)16-21-10-12-23(32-18-21)22-11-9-20(17-30)14-26(22)38-28-15-25(34-36(28)5)24-8-6-7-13-31-24/h6-15,18,33H,16,19H2,1-5H3. The number of nitrogens with one attached hydrogen (secondary N) is 1. The van der Waals surface area contributed by atoms with Crippen LogP contribution in [0.25, 0.3) is 22.6 Å². The molecule has 0 atom stereocenters. The third-order valence-corrected chi connectivity index (χ3v) is 6.05. The summed E-state index contributed by atoms with van der Waals surface area (Å²) < 4.78 is 7.90. The predicted molar refractivity (Wildman–Crippen MR) is 145 cm³/mol. The van der Waals surface area contributed by atoms with Crippen molar-refractivity contribution < 1.29 is 9.53 Å². The number of hydrogen-bond acceptors (Lipinski definition) is 7. The number of likely N-dealkylation sites (N-methyl/N-ethyl adjacent to an activating group) is 1. The van der Waals surface area contributed by atoms with Crippen molar-refractivity contribution in [2.75, 3.05) is 20.6 Å². The van der Waals surface area contributed by atoms with E-state index >= 15 is 0 Å². The van der Waals surface area contributed by atoms with E-state index in [1.165, 1.54) is 0 Å². The molecule has 0 aliphatic heterocycles. The van der Waals surface area contributed by atoms with Gasteiger partial charge in [-0.2, -0.15) is 10.4 Å². The van der Waals surface area contributed by atoms with Gasteiger partial charge in [-0.05, 0) is 62.2 Å². The van der Waals surface area contributed by atoms with E-state index in [1.54, 1.807) is 49.1 Å². The SMILES string of the molecule is CN(C)C(=O)CNC(C)(C)Cc1ccc(-c2ccc(C#N)cc2Oc2cc(-c3ccccn3)nn2C)nc1. The highest BCUT2D eigenvalue weighted by Crippen LogP contribution is 2.34. The molecule has 3 aromatic heterocycles. The zero-order valence-corrected chi connectivity index (χ0v) is 22.3. The Morgan fingerprint density at radius 1 is 1.08 bits per heavy atom. The van der Waals surface area contributed by atoms with Gasteiger partial charge in [0.2, 0.25) is 11.8 Å². The van der Waals surface area contributed by atoms with E-state index in [-0.39, 0.29) is 18.0 Å². The average Bonchev–Trinajstić information content (AvgIpc) is 3.28. The molecule has 0 bridgehead atoms. The number of amides is 1. The molecule has 38 heavy (non-hydrogen) atoms. The van der Waals surface area contributed by atoms with Crippen LogP contribution in [0.5, 0.6) is 11.6 Å². The average molecular weight is 510 g/mol. The second-order valence-electron chi connectivity index (χ2n) is 9.89. The van der Waals surface area contributed by atoms with E-state index in [4.69, 9.17) is 9.72 Å². The first-order chi connectivity index (χ1) is 18.1. The van der Waals surface area contributed by atoms with Gasteiger partial charge in [0.25, 0.3) is 0 Å². The van der Waals surface area contributed by atoms with Crippen LogP contribution in [-0.2, 0) is 18.3 Å². The number of benzene rings is 1. The van der Waals surface area contributed by atoms with Gasteiger partial charge >= 0.3 is 0 Å². The number of carbonyl (C=O) groups excluding carboxylic acids is 1. The number of hydrogen-bond donors (Lipinski definition) is 1. The lowest BCUT2D eigenvalue weighted by atomic mass is 9.95. The summed E-state index contributed by atoms with van der Waals surface area (Å²) in [6, 6.07) is 18.9. The van der Waals surface area contributed by atoms with Crippen LogP contribution in [-0.4, -0.2) is 56.7 Å². The molecule has 0 aliphatic rings. The van der Waals surface area contributed by atoms with Crippen molar-refractivity contribution in [1.29, 1.82) is 5.26 Å². The van der Waals surface area contributed by atoms with Crippen LogP contribution < -0.4 is 10.1 Å². The molecule has 0 saturated heterocycles. The Morgan fingerprint density at radius 2 is 1.89 bits per heavy atom. The van der Waals surface area contributed by atoms with Gasteiger partial charge < -0.3 is 15.0 Å². The van der Waals surface area contributed by atoms with E-state index in [0.717, 1.165) is 16.8 Å². The van der Waals surface area contributed by atoms with Gasteiger partial charge in [0.15, 0.2) is 0 Å². The smallest absolute Gasteiger partial charge is 0.236 e. The molecule has 1 amide bonds. The summed E-state index contributed by atoms with van der Waals surface area (Å²) in [6.45, 7) is 4.39. The van der Waals surface area contributed by atoms with Crippen LogP contribution >= 0.6 is 0 Å². The number of nitrogens with zero attached hydrogens (tertiary/aromatic N) is 6. The molecule has 4 aromatic rings.